The van der Waals surface area contributed by atoms with E-state index in [1.165, 1.54) is 12.1 Å². The first-order valence-electron chi connectivity index (χ1n) is 6.72. The van der Waals surface area contributed by atoms with Crippen molar-refractivity contribution in [3.8, 4) is 5.69 Å². The second kappa shape index (κ2) is 5.63. The first-order chi connectivity index (χ1) is 9.43. The molecule has 0 spiro atoms. The Bertz CT molecular complexity index is 567. The summed E-state index contributed by atoms with van der Waals surface area (Å²) < 4.78 is 14.9. The van der Waals surface area contributed by atoms with Crippen LogP contribution in [0.4, 0.5) is 10.1 Å². The molecule has 108 valence electrons. The van der Waals surface area contributed by atoms with Crippen molar-refractivity contribution in [2.45, 2.75) is 26.2 Å². The minimum atomic E-state index is -0.250. The van der Waals surface area contributed by atoms with Gasteiger partial charge in [-0.05, 0) is 24.3 Å². The highest BCUT2D eigenvalue weighted by Crippen LogP contribution is 2.31. The number of nitrogens with two attached hydrogens (primary N) is 1. The number of halogens is 1. The number of nitrogens with zero attached hydrogens (tertiary/aromatic N) is 2. The lowest BCUT2D eigenvalue weighted by atomic mass is 9.91. The van der Waals surface area contributed by atoms with Gasteiger partial charge < -0.3 is 11.1 Å². The fraction of sp³-hybridized carbons (Fsp3) is 0.400. The smallest absolute Gasteiger partial charge is 0.123 e. The van der Waals surface area contributed by atoms with Crippen molar-refractivity contribution >= 4 is 5.69 Å². The van der Waals surface area contributed by atoms with Crippen LogP contribution < -0.4 is 11.1 Å². The summed E-state index contributed by atoms with van der Waals surface area (Å²) in [5.74, 6) is -0.250. The molecular formula is C15H21FN4. The third kappa shape index (κ3) is 2.99. The maximum atomic E-state index is 13.1. The first-order valence-corrected chi connectivity index (χ1v) is 6.72. The van der Waals surface area contributed by atoms with Gasteiger partial charge in [-0.1, -0.05) is 20.8 Å². The summed E-state index contributed by atoms with van der Waals surface area (Å²) in [4.78, 5) is 0. The number of aromatic nitrogens is 2. The lowest BCUT2D eigenvalue weighted by molar-refractivity contribution is 0.544. The van der Waals surface area contributed by atoms with Crippen molar-refractivity contribution < 1.29 is 4.39 Å². The first kappa shape index (κ1) is 14.5. The van der Waals surface area contributed by atoms with Gasteiger partial charge in [0.1, 0.15) is 5.82 Å². The lowest BCUT2D eigenvalue weighted by Gasteiger charge is -2.23. The largest absolute Gasteiger partial charge is 0.381 e. The van der Waals surface area contributed by atoms with E-state index in [2.05, 4.69) is 31.2 Å². The predicted octanol–water partition coefficient (Wildman–Crippen LogP) is 2.68. The highest BCUT2D eigenvalue weighted by atomic mass is 19.1. The van der Waals surface area contributed by atoms with Gasteiger partial charge in [0.15, 0.2) is 0 Å². The summed E-state index contributed by atoms with van der Waals surface area (Å²) in [6.07, 6.45) is 1.79. The molecule has 3 N–H and O–H groups in total. The number of anilines is 1. The molecule has 0 fully saturated rings. The van der Waals surface area contributed by atoms with E-state index in [1.807, 2.05) is 4.68 Å². The summed E-state index contributed by atoms with van der Waals surface area (Å²) in [5.41, 5.74) is 8.31. The Morgan fingerprint density at radius 1 is 1.25 bits per heavy atom. The topological polar surface area (TPSA) is 55.9 Å². The molecule has 0 aliphatic rings. The van der Waals surface area contributed by atoms with Crippen LogP contribution >= 0.6 is 0 Å². The normalized spacial score (nSPS) is 11.7. The molecular weight excluding hydrogens is 255 g/mol. The van der Waals surface area contributed by atoms with E-state index < -0.39 is 0 Å². The van der Waals surface area contributed by atoms with Crippen molar-refractivity contribution in [2.75, 3.05) is 18.4 Å². The van der Waals surface area contributed by atoms with Gasteiger partial charge >= 0.3 is 0 Å². The Kier molecular flexibility index (Phi) is 4.09. The zero-order valence-electron chi connectivity index (χ0n) is 12.2. The van der Waals surface area contributed by atoms with Crippen LogP contribution in [-0.2, 0) is 5.41 Å². The third-order valence-electron chi connectivity index (χ3n) is 3.01. The van der Waals surface area contributed by atoms with Crippen LogP contribution in [-0.4, -0.2) is 22.9 Å². The number of rotatable bonds is 4. The van der Waals surface area contributed by atoms with Crippen LogP contribution in [0.1, 0.15) is 26.5 Å². The molecule has 0 aliphatic carbocycles. The van der Waals surface area contributed by atoms with E-state index >= 15 is 0 Å². The van der Waals surface area contributed by atoms with Gasteiger partial charge in [-0.2, -0.15) is 5.10 Å². The molecule has 0 atom stereocenters. The molecule has 2 rings (SSSR count). The fourth-order valence-electron chi connectivity index (χ4n) is 2.18. The van der Waals surface area contributed by atoms with Gasteiger partial charge in [0.25, 0.3) is 0 Å². The summed E-state index contributed by atoms with van der Waals surface area (Å²) in [5, 5.41) is 7.71. The SMILES string of the molecule is CC(C)(C)c1c(NCCN)cnn1-c1ccc(F)cc1. The van der Waals surface area contributed by atoms with Crippen LogP contribution in [0, 0.1) is 5.82 Å². The summed E-state index contributed by atoms with van der Waals surface area (Å²) in [7, 11) is 0. The van der Waals surface area contributed by atoms with Gasteiger partial charge in [0.05, 0.1) is 23.3 Å². The van der Waals surface area contributed by atoms with Crippen molar-refractivity contribution in [1.29, 1.82) is 0 Å². The van der Waals surface area contributed by atoms with Crippen LogP contribution in [0.5, 0.6) is 0 Å². The number of hydrogen-bond donors (Lipinski definition) is 2. The summed E-state index contributed by atoms with van der Waals surface area (Å²) in [6, 6.07) is 6.33. The molecule has 0 radical (unpaired) electrons. The summed E-state index contributed by atoms with van der Waals surface area (Å²) in [6.45, 7) is 7.62. The Morgan fingerprint density at radius 2 is 1.90 bits per heavy atom. The van der Waals surface area contributed by atoms with E-state index in [-0.39, 0.29) is 11.2 Å². The zero-order valence-corrected chi connectivity index (χ0v) is 12.2. The third-order valence-corrected chi connectivity index (χ3v) is 3.01. The van der Waals surface area contributed by atoms with E-state index in [9.17, 15) is 4.39 Å². The standard InChI is InChI=1S/C15H21FN4/c1-15(2,3)14-13(18-9-8-17)10-19-20(14)12-6-4-11(16)5-7-12/h4-7,10,18H,8-9,17H2,1-3H3. The van der Waals surface area contributed by atoms with Crippen LogP contribution in [0.25, 0.3) is 5.69 Å². The second-order valence-corrected chi connectivity index (χ2v) is 5.76. The van der Waals surface area contributed by atoms with E-state index in [0.717, 1.165) is 17.1 Å². The monoisotopic (exact) mass is 276 g/mol. The molecule has 1 aromatic carbocycles. The Hall–Kier alpha value is -1.88. The van der Waals surface area contributed by atoms with Crippen LogP contribution in [0.2, 0.25) is 0 Å². The van der Waals surface area contributed by atoms with Crippen LogP contribution in [0.15, 0.2) is 30.5 Å². The summed E-state index contributed by atoms with van der Waals surface area (Å²) >= 11 is 0. The predicted molar refractivity (Wildman–Crippen MR) is 79.8 cm³/mol. The van der Waals surface area contributed by atoms with Crippen molar-refractivity contribution in [3.05, 3.63) is 42.0 Å². The average Bonchev–Trinajstić information content (AvgIpc) is 2.81. The fourth-order valence-corrected chi connectivity index (χ4v) is 2.18. The molecule has 0 saturated heterocycles. The van der Waals surface area contributed by atoms with Gasteiger partial charge in [-0.3, -0.25) is 0 Å². The van der Waals surface area contributed by atoms with Gasteiger partial charge in [-0.25, -0.2) is 9.07 Å². The van der Waals surface area contributed by atoms with Crippen LogP contribution in [0.3, 0.4) is 0 Å². The number of hydrogen-bond acceptors (Lipinski definition) is 3. The van der Waals surface area contributed by atoms with Gasteiger partial charge in [0.2, 0.25) is 0 Å². The number of benzene rings is 1. The minimum absolute atomic E-state index is 0.0954. The van der Waals surface area contributed by atoms with Gasteiger partial charge in [0, 0.05) is 18.5 Å². The van der Waals surface area contributed by atoms with Crippen molar-refractivity contribution in [2.24, 2.45) is 5.73 Å². The molecule has 1 aromatic heterocycles. The van der Waals surface area contributed by atoms with E-state index in [4.69, 9.17) is 5.73 Å². The molecule has 0 amide bonds. The maximum Gasteiger partial charge on any atom is 0.123 e. The molecule has 1 heterocycles. The quantitative estimate of drug-likeness (QED) is 0.902. The van der Waals surface area contributed by atoms with E-state index in [0.29, 0.717) is 13.1 Å². The Morgan fingerprint density at radius 3 is 2.45 bits per heavy atom. The van der Waals surface area contributed by atoms with Gasteiger partial charge in [-0.15, -0.1) is 0 Å². The zero-order chi connectivity index (χ0) is 14.8. The molecule has 20 heavy (non-hydrogen) atoms. The lowest BCUT2D eigenvalue weighted by Crippen LogP contribution is -2.21. The van der Waals surface area contributed by atoms with E-state index in [1.54, 1.807) is 18.3 Å². The molecule has 4 nitrogen and oxygen atoms in total. The highest BCUT2D eigenvalue weighted by Gasteiger charge is 2.24. The molecule has 0 unspecified atom stereocenters. The second-order valence-electron chi connectivity index (χ2n) is 5.76. The molecule has 0 bridgehead atoms. The molecule has 5 heteroatoms. The molecule has 0 saturated carbocycles. The van der Waals surface area contributed by atoms with Crippen molar-refractivity contribution in [1.82, 2.24) is 9.78 Å². The molecule has 0 aliphatic heterocycles. The number of nitrogens with one attached hydrogen (secondary N) is 1. The highest BCUT2D eigenvalue weighted by molar-refractivity contribution is 5.53. The minimum Gasteiger partial charge on any atom is -0.381 e. The molecule has 2 aromatic rings. The average molecular weight is 276 g/mol. The maximum absolute atomic E-state index is 13.1. The van der Waals surface area contributed by atoms with Crippen molar-refractivity contribution in [3.63, 3.8) is 0 Å². The Balaban J connectivity index is 2.47. The Labute approximate surface area is 118 Å².